The second-order valence-electron chi connectivity index (χ2n) is 6.74. The molecular formula is C22H24N2O3. The maximum absolute atomic E-state index is 12.5. The fraction of sp³-hybridized carbons (Fsp3) is 0.273. The summed E-state index contributed by atoms with van der Waals surface area (Å²) in [6.45, 7) is 2.03. The summed E-state index contributed by atoms with van der Waals surface area (Å²) in [6, 6.07) is 16.6. The second kappa shape index (κ2) is 8.54. The first-order valence-electron chi connectivity index (χ1n) is 9.20. The van der Waals surface area contributed by atoms with E-state index >= 15 is 0 Å². The first kappa shape index (κ1) is 18.7. The maximum atomic E-state index is 12.5. The van der Waals surface area contributed by atoms with Crippen molar-refractivity contribution in [1.29, 1.82) is 0 Å². The molecule has 0 radical (unpaired) electrons. The number of rotatable bonds is 8. The molecule has 2 atom stereocenters. The molecule has 2 aromatic carbocycles. The molecule has 1 amide bonds. The maximum Gasteiger partial charge on any atom is 0.326 e. The number of aromatic nitrogens is 1. The Kier molecular flexibility index (Phi) is 5.91. The molecular weight excluding hydrogens is 340 g/mol. The van der Waals surface area contributed by atoms with Crippen LogP contribution in [0.1, 0.15) is 36.8 Å². The van der Waals surface area contributed by atoms with Gasteiger partial charge in [0.15, 0.2) is 0 Å². The van der Waals surface area contributed by atoms with Crippen molar-refractivity contribution in [1.82, 2.24) is 10.3 Å². The number of aliphatic carboxylic acids is 1. The molecule has 1 heterocycles. The number of carbonyl (C=O) groups is 2. The molecule has 0 spiro atoms. The quantitative estimate of drug-likeness (QED) is 0.567. The SMILES string of the molecule is CCC(CC(=O)N[C@@H](Cc1c[nH]c2ccccc12)C(=O)O)c1ccccc1. The van der Waals surface area contributed by atoms with E-state index < -0.39 is 12.0 Å². The van der Waals surface area contributed by atoms with Crippen LogP contribution >= 0.6 is 0 Å². The zero-order valence-corrected chi connectivity index (χ0v) is 15.3. The lowest BCUT2D eigenvalue weighted by Gasteiger charge is -2.18. The number of amides is 1. The first-order chi connectivity index (χ1) is 13.1. The number of aromatic amines is 1. The van der Waals surface area contributed by atoms with E-state index in [0.717, 1.165) is 28.5 Å². The number of benzene rings is 2. The van der Waals surface area contributed by atoms with E-state index in [9.17, 15) is 14.7 Å². The van der Waals surface area contributed by atoms with Gasteiger partial charge in [-0.05, 0) is 29.5 Å². The topological polar surface area (TPSA) is 82.2 Å². The van der Waals surface area contributed by atoms with E-state index in [-0.39, 0.29) is 24.7 Å². The summed E-state index contributed by atoms with van der Waals surface area (Å²) in [5.41, 5.74) is 2.94. The van der Waals surface area contributed by atoms with Crippen LogP contribution in [-0.4, -0.2) is 28.0 Å². The molecule has 1 unspecified atom stereocenters. The smallest absolute Gasteiger partial charge is 0.326 e. The average molecular weight is 364 g/mol. The third-order valence-corrected chi connectivity index (χ3v) is 4.93. The fourth-order valence-corrected chi connectivity index (χ4v) is 3.42. The number of nitrogens with one attached hydrogen (secondary N) is 2. The minimum Gasteiger partial charge on any atom is -0.480 e. The van der Waals surface area contributed by atoms with Gasteiger partial charge in [-0.2, -0.15) is 0 Å². The average Bonchev–Trinajstić information content (AvgIpc) is 3.09. The fourth-order valence-electron chi connectivity index (χ4n) is 3.42. The molecule has 27 heavy (non-hydrogen) atoms. The number of hydrogen-bond acceptors (Lipinski definition) is 2. The van der Waals surface area contributed by atoms with Gasteiger partial charge in [-0.3, -0.25) is 4.79 Å². The molecule has 3 N–H and O–H groups in total. The van der Waals surface area contributed by atoms with E-state index in [2.05, 4.69) is 10.3 Å². The number of H-pyrrole nitrogens is 1. The third-order valence-electron chi connectivity index (χ3n) is 4.93. The van der Waals surface area contributed by atoms with Gasteiger partial charge in [0.25, 0.3) is 0 Å². The van der Waals surface area contributed by atoms with Gasteiger partial charge in [-0.15, -0.1) is 0 Å². The standard InChI is InChI=1S/C22H24N2O3/c1-2-15(16-8-4-3-5-9-16)13-21(25)24-20(22(26)27)12-17-14-23-19-11-7-6-10-18(17)19/h3-11,14-15,20,23H,2,12-13H2,1H3,(H,24,25)(H,26,27)/t15?,20-/m0/s1. The van der Waals surface area contributed by atoms with Crippen LogP contribution in [0, 0.1) is 0 Å². The van der Waals surface area contributed by atoms with Crippen LogP contribution in [0.4, 0.5) is 0 Å². The molecule has 3 aromatic rings. The van der Waals surface area contributed by atoms with E-state index in [1.165, 1.54) is 0 Å². The molecule has 0 saturated carbocycles. The number of carboxylic acids is 1. The molecule has 3 rings (SSSR count). The summed E-state index contributed by atoms with van der Waals surface area (Å²) in [4.78, 5) is 27.4. The van der Waals surface area contributed by atoms with E-state index in [1.807, 2.05) is 67.7 Å². The van der Waals surface area contributed by atoms with Crippen molar-refractivity contribution in [3.63, 3.8) is 0 Å². The number of para-hydroxylation sites is 1. The molecule has 0 bridgehead atoms. The Bertz CT molecular complexity index is 917. The third kappa shape index (κ3) is 4.56. The van der Waals surface area contributed by atoms with Gasteiger partial charge < -0.3 is 15.4 Å². The zero-order valence-electron chi connectivity index (χ0n) is 15.3. The molecule has 0 saturated heterocycles. The Balaban J connectivity index is 1.68. The largest absolute Gasteiger partial charge is 0.480 e. The van der Waals surface area contributed by atoms with Crippen molar-refractivity contribution < 1.29 is 14.7 Å². The minimum atomic E-state index is -1.03. The van der Waals surface area contributed by atoms with Crippen LogP contribution in [0.2, 0.25) is 0 Å². The van der Waals surface area contributed by atoms with E-state index in [4.69, 9.17) is 0 Å². The predicted molar refractivity (Wildman–Crippen MR) is 106 cm³/mol. The summed E-state index contributed by atoms with van der Waals surface area (Å²) >= 11 is 0. The lowest BCUT2D eigenvalue weighted by molar-refractivity contribution is -0.141. The van der Waals surface area contributed by atoms with Crippen molar-refractivity contribution in [3.8, 4) is 0 Å². The number of fused-ring (bicyclic) bond motifs is 1. The zero-order chi connectivity index (χ0) is 19.2. The highest BCUT2D eigenvalue weighted by Crippen LogP contribution is 2.23. The highest BCUT2D eigenvalue weighted by Gasteiger charge is 2.23. The van der Waals surface area contributed by atoms with Gasteiger partial charge in [-0.1, -0.05) is 55.5 Å². The molecule has 0 aliphatic heterocycles. The normalized spacial score (nSPS) is 13.2. The molecule has 140 valence electrons. The van der Waals surface area contributed by atoms with E-state index in [1.54, 1.807) is 0 Å². The van der Waals surface area contributed by atoms with Crippen molar-refractivity contribution in [2.45, 2.75) is 38.1 Å². The lowest BCUT2D eigenvalue weighted by Crippen LogP contribution is -2.42. The van der Waals surface area contributed by atoms with Gasteiger partial charge in [-0.25, -0.2) is 4.79 Å². The van der Waals surface area contributed by atoms with Crippen LogP contribution in [0.3, 0.4) is 0 Å². The Morgan fingerprint density at radius 2 is 1.78 bits per heavy atom. The summed E-state index contributed by atoms with van der Waals surface area (Å²) in [6.07, 6.45) is 3.15. The molecule has 0 aliphatic rings. The van der Waals surface area contributed by atoms with Crippen LogP contribution < -0.4 is 5.32 Å². The summed E-state index contributed by atoms with van der Waals surface area (Å²) < 4.78 is 0. The van der Waals surface area contributed by atoms with Crippen molar-refractivity contribution in [2.75, 3.05) is 0 Å². The van der Waals surface area contributed by atoms with Crippen LogP contribution in [0.25, 0.3) is 10.9 Å². The van der Waals surface area contributed by atoms with Crippen molar-refractivity contribution in [3.05, 3.63) is 71.9 Å². The van der Waals surface area contributed by atoms with E-state index in [0.29, 0.717) is 0 Å². The Labute approximate surface area is 158 Å². The van der Waals surface area contributed by atoms with Crippen LogP contribution in [-0.2, 0) is 16.0 Å². The Morgan fingerprint density at radius 1 is 1.07 bits per heavy atom. The van der Waals surface area contributed by atoms with Gasteiger partial charge in [0, 0.05) is 29.9 Å². The number of carboxylic acid groups (broad SMARTS) is 1. The molecule has 0 fully saturated rings. The predicted octanol–water partition coefficient (Wildman–Crippen LogP) is 3.86. The first-order valence-corrected chi connectivity index (χ1v) is 9.20. The van der Waals surface area contributed by atoms with Gasteiger partial charge in [0.1, 0.15) is 6.04 Å². The summed E-state index contributed by atoms with van der Waals surface area (Å²) in [5.74, 6) is -1.19. The molecule has 0 aliphatic carbocycles. The van der Waals surface area contributed by atoms with Gasteiger partial charge in [0.05, 0.1) is 0 Å². The molecule has 1 aromatic heterocycles. The van der Waals surface area contributed by atoms with Crippen LogP contribution in [0.5, 0.6) is 0 Å². The highest BCUT2D eigenvalue weighted by atomic mass is 16.4. The highest BCUT2D eigenvalue weighted by molar-refractivity contribution is 5.87. The van der Waals surface area contributed by atoms with Crippen molar-refractivity contribution in [2.24, 2.45) is 0 Å². The number of hydrogen-bond donors (Lipinski definition) is 3. The lowest BCUT2D eigenvalue weighted by atomic mass is 9.93. The van der Waals surface area contributed by atoms with Crippen LogP contribution in [0.15, 0.2) is 60.8 Å². The van der Waals surface area contributed by atoms with Crippen molar-refractivity contribution >= 4 is 22.8 Å². The van der Waals surface area contributed by atoms with Gasteiger partial charge >= 0.3 is 5.97 Å². The number of carbonyl (C=O) groups excluding carboxylic acids is 1. The Morgan fingerprint density at radius 3 is 2.48 bits per heavy atom. The van der Waals surface area contributed by atoms with Gasteiger partial charge in [0.2, 0.25) is 5.91 Å². The monoisotopic (exact) mass is 364 g/mol. The summed E-state index contributed by atoms with van der Waals surface area (Å²) in [5, 5.41) is 13.3. The second-order valence-corrected chi connectivity index (χ2v) is 6.74. The molecule has 5 nitrogen and oxygen atoms in total. The minimum absolute atomic E-state index is 0.0775. The Hall–Kier alpha value is -3.08. The summed E-state index contributed by atoms with van der Waals surface area (Å²) in [7, 11) is 0. The molecule has 5 heteroatoms.